The molecule has 3 aliphatic carbocycles. The van der Waals surface area contributed by atoms with E-state index in [2.05, 4.69) is 57.2 Å². The Morgan fingerprint density at radius 2 is 1.79 bits per heavy atom. The molecule has 3 saturated carbocycles. The molecule has 7 fully saturated rings. The van der Waals surface area contributed by atoms with Crippen molar-refractivity contribution >= 4 is 0 Å². The number of hydrogen-bond donors (Lipinski definition) is 8. The molecule has 42 heavy (non-hydrogen) atoms. The second-order valence-corrected chi connectivity index (χ2v) is 15.5. The van der Waals surface area contributed by atoms with Gasteiger partial charge in [0.25, 0.3) is 0 Å². The molecule has 9 N–H and O–H groups in total. The highest BCUT2D eigenvalue weighted by Gasteiger charge is 2.52. The average Bonchev–Trinajstić information content (AvgIpc) is 3.62. The van der Waals surface area contributed by atoms with Crippen LogP contribution in [0.15, 0.2) is 0 Å². The molecule has 4 heterocycles. The van der Waals surface area contributed by atoms with E-state index in [1.165, 1.54) is 64.2 Å². The number of aliphatic hydroxyl groups excluding tert-OH is 2. The zero-order valence-electron chi connectivity index (χ0n) is 26.0. The van der Waals surface area contributed by atoms with E-state index in [0.29, 0.717) is 55.6 Å². The molecule has 4 aliphatic heterocycles. The number of nitrogens with two attached hydrogens (primary N) is 1. The van der Waals surface area contributed by atoms with Crippen molar-refractivity contribution in [2.75, 3.05) is 19.9 Å². The van der Waals surface area contributed by atoms with Crippen LogP contribution < -0.4 is 32.3 Å². The van der Waals surface area contributed by atoms with Gasteiger partial charge in [-0.2, -0.15) is 0 Å². The van der Waals surface area contributed by atoms with Crippen LogP contribution in [-0.4, -0.2) is 113 Å². The second kappa shape index (κ2) is 12.1. The van der Waals surface area contributed by atoms with Gasteiger partial charge in [-0.15, -0.1) is 0 Å². The predicted molar refractivity (Wildman–Crippen MR) is 162 cm³/mol. The highest BCUT2D eigenvalue weighted by atomic mass is 16.6. The van der Waals surface area contributed by atoms with E-state index in [4.69, 9.17) is 10.5 Å². The summed E-state index contributed by atoms with van der Waals surface area (Å²) >= 11 is 0. The lowest BCUT2D eigenvalue weighted by molar-refractivity contribution is -0.112. The Bertz CT molecular complexity index is 934. The number of aliphatic hydroxyl groups is 2. The summed E-state index contributed by atoms with van der Waals surface area (Å²) in [6.07, 6.45) is 10.8. The molecule has 11 nitrogen and oxygen atoms in total. The van der Waals surface area contributed by atoms with Crippen LogP contribution >= 0.6 is 0 Å². The molecule has 0 aromatic carbocycles. The number of ether oxygens (including phenoxy) is 1. The summed E-state index contributed by atoms with van der Waals surface area (Å²) < 4.78 is 6.41. The third kappa shape index (κ3) is 5.59. The molecule has 0 aromatic heterocycles. The van der Waals surface area contributed by atoms with Gasteiger partial charge in [0.15, 0.2) is 0 Å². The average molecular weight is 591 g/mol. The van der Waals surface area contributed by atoms with E-state index in [9.17, 15) is 10.2 Å². The van der Waals surface area contributed by atoms with E-state index in [0.717, 1.165) is 11.8 Å². The van der Waals surface area contributed by atoms with Crippen molar-refractivity contribution in [2.24, 2.45) is 23.0 Å². The summed E-state index contributed by atoms with van der Waals surface area (Å²) in [6.45, 7) is 8.82. The smallest absolute Gasteiger partial charge is 0.142 e. The van der Waals surface area contributed by atoms with Crippen LogP contribution in [0.2, 0.25) is 0 Å². The number of nitrogens with one attached hydrogen (secondary N) is 5. The summed E-state index contributed by atoms with van der Waals surface area (Å²) in [5.74, 6) is 1.68. The topological polar surface area (TPSA) is 142 Å². The van der Waals surface area contributed by atoms with Gasteiger partial charge in [-0.1, -0.05) is 13.3 Å². The predicted octanol–water partition coefficient (Wildman–Crippen LogP) is -0.0588. The molecule has 11 atom stereocenters. The van der Waals surface area contributed by atoms with Gasteiger partial charge < -0.3 is 20.7 Å². The maximum atomic E-state index is 11.0. The summed E-state index contributed by atoms with van der Waals surface area (Å²) in [6, 6.07) is 2.23. The molecule has 0 bridgehead atoms. The number of nitrogens with zero attached hydrogens (tertiary/aromatic N) is 2. The van der Waals surface area contributed by atoms with E-state index in [-0.39, 0.29) is 18.4 Å². The molecule has 0 spiro atoms. The second-order valence-electron chi connectivity index (χ2n) is 15.5. The standard InChI is InChI=1S/C31H58N8O3/c1-17(2)38(14-23-26(40)27(41)30(42-23)39-16-35-25-28(32)33-15-34-29(25)39)20-11-18(12-20)5-8-24-36-21-7-6-19(13-22(21)37-24)31(3)9-4-10-31/h17-30,33-37,40-41H,4-16,32H2,1-3H3/t18?,19?,20?,21?,22?,23-,24?,25?,26-,27-,28?,29?,30-/m1/s1. The largest absolute Gasteiger partial charge is 0.387 e. The van der Waals surface area contributed by atoms with Crippen LogP contribution in [0.3, 0.4) is 0 Å². The Balaban J connectivity index is 0.870. The van der Waals surface area contributed by atoms with Crippen molar-refractivity contribution in [1.82, 2.24) is 36.4 Å². The Labute approximate surface area is 252 Å². The van der Waals surface area contributed by atoms with Crippen molar-refractivity contribution in [3.05, 3.63) is 0 Å². The summed E-state index contributed by atoms with van der Waals surface area (Å²) in [5.41, 5.74) is 6.86. The molecule has 11 heteroatoms. The Kier molecular flexibility index (Phi) is 8.68. The first-order valence-corrected chi connectivity index (χ1v) is 17.2. The molecule has 7 rings (SSSR count). The van der Waals surface area contributed by atoms with Crippen molar-refractivity contribution in [2.45, 2.75) is 158 Å². The molecular weight excluding hydrogens is 532 g/mol. The minimum Gasteiger partial charge on any atom is -0.387 e. The third-order valence-corrected chi connectivity index (χ3v) is 12.7. The van der Waals surface area contributed by atoms with Crippen LogP contribution in [-0.2, 0) is 4.74 Å². The normalized spacial score (nSPS) is 48.7. The van der Waals surface area contributed by atoms with E-state index < -0.39 is 24.5 Å². The third-order valence-electron chi connectivity index (χ3n) is 12.7. The fourth-order valence-electron chi connectivity index (χ4n) is 9.67. The van der Waals surface area contributed by atoms with E-state index >= 15 is 0 Å². The van der Waals surface area contributed by atoms with Gasteiger partial charge in [0, 0.05) is 37.4 Å². The summed E-state index contributed by atoms with van der Waals surface area (Å²) in [4.78, 5) is 4.58. The van der Waals surface area contributed by atoms with Gasteiger partial charge in [0.2, 0.25) is 0 Å². The lowest BCUT2D eigenvalue weighted by Crippen LogP contribution is -2.68. The molecule has 7 unspecified atom stereocenters. The fourth-order valence-corrected chi connectivity index (χ4v) is 9.67. The number of rotatable bonds is 9. The van der Waals surface area contributed by atoms with E-state index in [1.54, 1.807) is 0 Å². The minimum atomic E-state index is -0.950. The van der Waals surface area contributed by atoms with Crippen LogP contribution in [0.25, 0.3) is 0 Å². The van der Waals surface area contributed by atoms with Gasteiger partial charge in [0.1, 0.15) is 24.5 Å². The maximum absolute atomic E-state index is 11.0. The molecule has 0 radical (unpaired) electrons. The Hall–Kier alpha value is -0.440. The van der Waals surface area contributed by atoms with Crippen LogP contribution in [0.1, 0.15) is 85.0 Å². The minimum absolute atomic E-state index is 0.0243. The maximum Gasteiger partial charge on any atom is 0.142 e. The molecule has 0 amide bonds. The highest BCUT2D eigenvalue weighted by molar-refractivity contribution is 5.04. The molecule has 7 aliphatic rings. The highest BCUT2D eigenvalue weighted by Crippen LogP contribution is 2.52. The van der Waals surface area contributed by atoms with E-state index in [1.807, 2.05) is 0 Å². The van der Waals surface area contributed by atoms with Crippen molar-refractivity contribution in [3.8, 4) is 0 Å². The fraction of sp³-hybridized carbons (Fsp3) is 1.00. The van der Waals surface area contributed by atoms with Crippen molar-refractivity contribution < 1.29 is 14.9 Å². The Morgan fingerprint density at radius 1 is 1.00 bits per heavy atom. The Morgan fingerprint density at radius 3 is 2.52 bits per heavy atom. The molecule has 0 aromatic rings. The lowest BCUT2D eigenvalue weighted by Gasteiger charge is -2.48. The van der Waals surface area contributed by atoms with Gasteiger partial charge in [-0.05, 0) is 88.9 Å². The quantitative estimate of drug-likeness (QED) is 0.183. The zero-order chi connectivity index (χ0) is 29.2. The molecule has 240 valence electrons. The van der Waals surface area contributed by atoms with Crippen LogP contribution in [0.5, 0.6) is 0 Å². The molecule has 4 saturated heterocycles. The summed E-state index contributed by atoms with van der Waals surface area (Å²) in [5, 5.41) is 40.1. The van der Waals surface area contributed by atoms with Gasteiger partial charge in [-0.25, -0.2) is 4.90 Å². The molecular formula is C31H58N8O3. The van der Waals surface area contributed by atoms with Gasteiger partial charge in [-0.3, -0.25) is 31.5 Å². The summed E-state index contributed by atoms with van der Waals surface area (Å²) in [7, 11) is 0. The van der Waals surface area contributed by atoms with Gasteiger partial charge >= 0.3 is 0 Å². The van der Waals surface area contributed by atoms with Crippen molar-refractivity contribution in [3.63, 3.8) is 0 Å². The van der Waals surface area contributed by atoms with Gasteiger partial charge in [0.05, 0.1) is 31.2 Å². The first kappa shape index (κ1) is 30.2. The monoisotopic (exact) mass is 590 g/mol. The van der Waals surface area contributed by atoms with Crippen LogP contribution in [0.4, 0.5) is 0 Å². The zero-order valence-corrected chi connectivity index (χ0v) is 26.0. The number of fused-ring (bicyclic) bond motifs is 2. The van der Waals surface area contributed by atoms with Crippen LogP contribution in [0, 0.1) is 17.3 Å². The lowest BCUT2D eigenvalue weighted by atomic mass is 9.58. The number of hydrogen-bond acceptors (Lipinski definition) is 11. The first-order chi connectivity index (χ1) is 20.2. The first-order valence-electron chi connectivity index (χ1n) is 17.2. The SMILES string of the molecule is CC(C)N(C[C@H]1O[C@@H](N2CNC3C(N)NCNC32)[C@H](O)[C@@H]1O)C1CC(CCC2NC3CCC(C4(C)CCC4)CC3N2)C1. The van der Waals surface area contributed by atoms with Crippen molar-refractivity contribution in [1.29, 1.82) is 0 Å².